The first-order valence-electron chi connectivity index (χ1n) is 6.80. The Balaban J connectivity index is 2.96. The number of rotatable bonds is 4. The number of hydrogen-bond acceptors (Lipinski definition) is 2. The second kappa shape index (κ2) is 6.59. The van der Waals surface area contributed by atoms with Gasteiger partial charge in [-0.2, -0.15) is 13.2 Å². The minimum Gasteiger partial charge on any atom is -0.357 e. The van der Waals surface area contributed by atoms with Crippen LogP contribution in [-0.2, 0) is 9.53 Å². The number of amides is 1. The number of likely N-dealkylation sites (N-methyl/N-ethyl adjacent to an activating group) is 1. The molecule has 2 atom stereocenters. The molecular formula is C13H22F3NO2. The average molecular weight is 281 g/mol. The lowest BCUT2D eigenvalue weighted by molar-refractivity contribution is -0.269. The molecule has 1 aliphatic rings. The normalized spacial score (nSPS) is 28.8. The minimum absolute atomic E-state index is 0.0183. The van der Waals surface area contributed by atoms with Crippen LogP contribution in [0.25, 0.3) is 0 Å². The molecule has 1 unspecified atom stereocenters. The third-order valence-corrected chi connectivity index (χ3v) is 3.70. The van der Waals surface area contributed by atoms with Crippen LogP contribution in [-0.4, -0.2) is 31.3 Å². The Morgan fingerprint density at radius 3 is 2.68 bits per heavy atom. The van der Waals surface area contributed by atoms with Gasteiger partial charge in [0.25, 0.3) is 5.91 Å². The summed E-state index contributed by atoms with van der Waals surface area (Å²) in [6.07, 6.45) is -1.15. The first-order valence-corrected chi connectivity index (χ1v) is 6.80. The molecule has 1 fully saturated rings. The van der Waals surface area contributed by atoms with E-state index in [-0.39, 0.29) is 18.9 Å². The molecule has 0 aromatic heterocycles. The van der Waals surface area contributed by atoms with E-state index in [1.807, 2.05) is 6.92 Å². The summed E-state index contributed by atoms with van der Waals surface area (Å²) in [5.74, 6) is -1.19. The topological polar surface area (TPSA) is 38.3 Å². The quantitative estimate of drug-likeness (QED) is 0.860. The van der Waals surface area contributed by atoms with Gasteiger partial charge < -0.3 is 10.1 Å². The van der Waals surface area contributed by atoms with E-state index in [4.69, 9.17) is 4.74 Å². The lowest BCUT2D eigenvalue weighted by Crippen LogP contribution is -2.58. The minimum atomic E-state index is -4.68. The zero-order valence-electron chi connectivity index (χ0n) is 11.5. The highest BCUT2D eigenvalue weighted by atomic mass is 19.4. The number of carbonyl (C=O) groups is 1. The van der Waals surface area contributed by atoms with Crippen LogP contribution in [0.1, 0.15) is 45.4 Å². The van der Waals surface area contributed by atoms with E-state index in [0.717, 1.165) is 12.8 Å². The second-order valence-electron chi connectivity index (χ2n) is 5.11. The Morgan fingerprint density at radius 1 is 1.47 bits per heavy atom. The van der Waals surface area contributed by atoms with E-state index < -0.39 is 17.7 Å². The van der Waals surface area contributed by atoms with E-state index in [9.17, 15) is 18.0 Å². The SMILES string of the molecule is CCCCC1CCCO[C@@](C(=O)NC)(C(F)(F)F)C1. The summed E-state index contributed by atoms with van der Waals surface area (Å²) in [4.78, 5) is 11.8. The van der Waals surface area contributed by atoms with Crippen LogP contribution in [0.4, 0.5) is 13.2 Å². The van der Waals surface area contributed by atoms with E-state index >= 15 is 0 Å². The van der Waals surface area contributed by atoms with Crippen LogP contribution >= 0.6 is 0 Å². The van der Waals surface area contributed by atoms with Gasteiger partial charge in [-0.15, -0.1) is 0 Å². The fourth-order valence-corrected chi connectivity index (χ4v) is 2.61. The van der Waals surface area contributed by atoms with Crippen molar-refractivity contribution >= 4 is 5.91 Å². The predicted octanol–water partition coefficient (Wildman–Crippen LogP) is 3.04. The maximum atomic E-state index is 13.3. The number of hydrogen-bond donors (Lipinski definition) is 1. The van der Waals surface area contributed by atoms with Crippen molar-refractivity contribution in [1.29, 1.82) is 0 Å². The Labute approximate surface area is 111 Å². The Hall–Kier alpha value is -0.780. The average Bonchev–Trinajstić information content (AvgIpc) is 2.58. The van der Waals surface area contributed by atoms with E-state index in [0.29, 0.717) is 19.3 Å². The maximum absolute atomic E-state index is 13.3. The van der Waals surface area contributed by atoms with Gasteiger partial charge in [0.2, 0.25) is 5.60 Å². The Morgan fingerprint density at radius 2 is 2.16 bits per heavy atom. The monoisotopic (exact) mass is 281 g/mol. The van der Waals surface area contributed by atoms with Crippen molar-refractivity contribution in [1.82, 2.24) is 5.32 Å². The van der Waals surface area contributed by atoms with Gasteiger partial charge in [-0.05, 0) is 25.2 Å². The van der Waals surface area contributed by atoms with Crippen molar-refractivity contribution in [2.75, 3.05) is 13.7 Å². The summed E-state index contributed by atoms with van der Waals surface area (Å²) >= 11 is 0. The molecule has 0 radical (unpaired) electrons. The standard InChI is InChI=1S/C13H22F3NO2/c1-3-4-6-10-7-5-8-19-12(9-10,11(18)17-2)13(14,15)16/h10H,3-9H2,1-2H3,(H,17,18)/t10?,12-/m0/s1. The van der Waals surface area contributed by atoms with Crippen LogP contribution in [0, 0.1) is 5.92 Å². The number of unbranched alkanes of at least 4 members (excludes halogenated alkanes) is 1. The number of alkyl halides is 3. The maximum Gasteiger partial charge on any atom is 0.426 e. The highest BCUT2D eigenvalue weighted by molar-refractivity contribution is 5.86. The molecule has 1 N–H and O–H groups in total. The number of nitrogens with one attached hydrogen (secondary N) is 1. The van der Waals surface area contributed by atoms with Crippen LogP contribution < -0.4 is 5.32 Å². The molecule has 112 valence electrons. The van der Waals surface area contributed by atoms with Gasteiger partial charge in [-0.3, -0.25) is 4.79 Å². The molecule has 0 bridgehead atoms. The van der Waals surface area contributed by atoms with Crippen LogP contribution in [0.3, 0.4) is 0 Å². The van der Waals surface area contributed by atoms with Crippen LogP contribution in [0.2, 0.25) is 0 Å². The molecule has 0 aromatic carbocycles. The number of carbonyl (C=O) groups excluding carboxylic acids is 1. The summed E-state index contributed by atoms with van der Waals surface area (Å²) in [7, 11) is 1.21. The lowest BCUT2D eigenvalue weighted by atomic mass is 9.84. The predicted molar refractivity (Wildman–Crippen MR) is 65.7 cm³/mol. The van der Waals surface area contributed by atoms with Crippen molar-refractivity contribution < 1.29 is 22.7 Å². The molecule has 6 heteroatoms. The van der Waals surface area contributed by atoms with Crippen molar-refractivity contribution in [2.45, 2.75) is 57.2 Å². The second-order valence-corrected chi connectivity index (χ2v) is 5.11. The molecular weight excluding hydrogens is 259 g/mol. The third kappa shape index (κ3) is 3.61. The zero-order chi connectivity index (χ0) is 14.5. The molecule has 1 amide bonds. The summed E-state index contributed by atoms with van der Waals surface area (Å²) in [6.45, 7) is 1.98. The van der Waals surface area contributed by atoms with Gasteiger partial charge in [-0.1, -0.05) is 26.2 Å². The number of ether oxygens (including phenoxy) is 1. The van der Waals surface area contributed by atoms with Gasteiger partial charge in [0.05, 0.1) is 0 Å². The first-order chi connectivity index (χ1) is 8.87. The van der Waals surface area contributed by atoms with Gasteiger partial charge >= 0.3 is 6.18 Å². The zero-order valence-corrected chi connectivity index (χ0v) is 11.5. The summed E-state index contributed by atoms with van der Waals surface area (Å²) in [5, 5.41) is 2.10. The number of halogens is 3. The Bertz CT molecular complexity index is 307. The molecule has 0 aliphatic carbocycles. The summed E-state index contributed by atoms with van der Waals surface area (Å²) in [5.41, 5.74) is -2.67. The molecule has 19 heavy (non-hydrogen) atoms. The van der Waals surface area contributed by atoms with E-state index in [1.165, 1.54) is 7.05 Å². The van der Waals surface area contributed by atoms with Crippen LogP contribution in [0.15, 0.2) is 0 Å². The van der Waals surface area contributed by atoms with E-state index in [1.54, 1.807) is 0 Å². The highest BCUT2D eigenvalue weighted by Gasteiger charge is 2.62. The van der Waals surface area contributed by atoms with Crippen molar-refractivity contribution in [3.63, 3.8) is 0 Å². The van der Waals surface area contributed by atoms with Gasteiger partial charge in [-0.25, -0.2) is 0 Å². The Kier molecular flexibility index (Phi) is 5.64. The molecule has 1 rings (SSSR count). The lowest BCUT2D eigenvalue weighted by Gasteiger charge is -2.34. The fourth-order valence-electron chi connectivity index (χ4n) is 2.61. The molecule has 0 saturated carbocycles. The van der Waals surface area contributed by atoms with E-state index in [2.05, 4.69) is 5.32 Å². The first kappa shape index (κ1) is 16.3. The smallest absolute Gasteiger partial charge is 0.357 e. The summed E-state index contributed by atoms with van der Waals surface area (Å²) < 4.78 is 45.0. The molecule has 1 aliphatic heterocycles. The molecule has 3 nitrogen and oxygen atoms in total. The third-order valence-electron chi connectivity index (χ3n) is 3.70. The molecule has 1 heterocycles. The van der Waals surface area contributed by atoms with Crippen molar-refractivity contribution in [3.8, 4) is 0 Å². The van der Waals surface area contributed by atoms with Crippen molar-refractivity contribution in [3.05, 3.63) is 0 Å². The van der Waals surface area contributed by atoms with Crippen LogP contribution in [0.5, 0.6) is 0 Å². The molecule has 0 aromatic rings. The summed E-state index contributed by atoms with van der Waals surface area (Å²) in [6, 6.07) is 0. The van der Waals surface area contributed by atoms with Crippen molar-refractivity contribution in [2.24, 2.45) is 5.92 Å². The highest BCUT2D eigenvalue weighted by Crippen LogP contribution is 2.42. The van der Waals surface area contributed by atoms with Gasteiger partial charge in [0.15, 0.2) is 0 Å². The van der Waals surface area contributed by atoms with Gasteiger partial charge in [0, 0.05) is 13.7 Å². The largest absolute Gasteiger partial charge is 0.426 e. The van der Waals surface area contributed by atoms with Gasteiger partial charge in [0.1, 0.15) is 0 Å². The molecule has 1 saturated heterocycles. The molecule has 0 spiro atoms. The fraction of sp³-hybridized carbons (Fsp3) is 0.923.